The van der Waals surface area contributed by atoms with Gasteiger partial charge in [0.05, 0.1) is 0 Å². The van der Waals surface area contributed by atoms with Crippen molar-refractivity contribution in [3.63, 3.8) is 0 Å². The summed E-state index contributed by atoms with van der Waals surface area (Å²) in [4.78, 5) is 11.4. The molecule has 5 heteroatoms. The second-order valence-corrected chi connectivity index (χ2v) is 3.39. The first kappa shape index (κ1) is 12.3. The molecule has 0 saturated heterocycles. The first-order valence-electron chi connectivity index (χ1n) is 4.49. The van der Waals surface area contributed by atoms with E-state index in [0.717, 1.165) is 0 Å². The predicted octanol–water partition coefficient (Wildman–Crippen LogP) is 2.41. The van der Waals surface area contributed by atoms with Gasteiger partial charge in [-0.1, -0.05) is 12.2 Å². The van der Waals surface area contributed by atoms with Crippen LogP contribution in [0, 0.1) is 17.5 Å². The first-order chi connectivity index (χ1) is 7.41. The second-order valence-electron chi connectivity index (χ2n) is 3.39. The van der Waals surface area contributed by atoms with Crippen LogP contribution in [0.5, 0.6) is 0 Å². The highest BCUT2D eigenvalue weighted by atomic mass is 19.2. The number of hydrogen-bond donors (Lipinski definition) is 1. The zero-order valence-corrected chi connectivity index (χ0v) is 8.61. The fraction of sp³-hybridized carbons (Fsp3) is 0.182. The highest BCUT2D eigenvalue weighted by Gasteiger charge is 2.14. The molecular weight excluding hydrogens is 219 g/mol. The Balaban J connectivity index is 2.88. The van der Waals surface area contributed by atoms with Gasteiger partial charge in [0.25, 0.3) is 5.91 Å². The lowest BCUT2D eigenvalue weighted by Crippen LogP contribution is -2.25. The Bertz CT molecular complexity index is 420. The maximum Gasteiger partial charge on any atom is 0.251 e. The lowest BCUT2D eigenvalue weighted by molar-refractivity contribution is 0.0956. The summed E-state index contributed by atoms with van der Waals surface area (Å²) in [6.07, 6.45) is 0. The molecule has 0 radical (unpaired) electrons. The van der Waals surface area contributed by atoms with Gasteiger partial charge in [-0.05, 0) is 19.1 Å². The monoisotopic (exact) mass is 229 g/mol. The fourth-order valence-corrected chi connectivity index (χ4v) is 1.02. The largest absolute Gasteiger partial charge is 0.348 e. The van der Waals surface area contributed by atoms with Crippen molar-refractivity contribution >= 4 is 5.91 Å². The van der Waals surface area contributed by atoms with Crippen LogP contribution in [0.1, 0.15) is 17.3 Å². The number of hydrogen-bond acceptors (Lipinski definition) is 1. The van der Waals surface area contributed by atoms with Gasteiger partial charge in [-0.2, -0.15) is 0 Å². The van der Waals surface area contributed by atoms with Crippen LogP contribution in [0.2, 0.25) is 0 Å². The average molecular weight is 229 g/mol. The molecule has 86 valence electrons. The summed E-state index contributed by atoms with van der Waals surface area (Å²) in [6.45, 7) is 5.43. The van der Waals surface area contributed by atoms with Gasteiger partial charge in [-0.25, -0.2) is 13.2 Å². The van der Waals surface area contributed by atoms with Crippen molar-refractivity contribution in [3.05, 3.63) is 47.3 Å². The smallest absolute Gasteiger partial charge is 0.251 e. The Kier molecular flexibility index (Phi) is 3.71. The van der Waals surface area contributed by atoms with E-state index in [0.29, 0.717) is 17.7 Å². The van der Waals surface area contributed by atoms with E-state index in [1.165, 1.54) is 0 Å². The van der Waals surface area contributed by atoms with Gasteiger partial charge in [0, 0.05) is 12.1 Å². The quantitative estimate of drug-likeness (QED) is 0.625. The van der Waals surface area contributed by atoms with E-state index in [1.54, 1.807) is 6.92 Å². The number of halogens is 3. The number of carbonyl (C=O) groups excluding carboxylic acids is 1. The van der Waals surface area contributed by atoms with E-state index in [4.69, 9.17) is 0 Å². The van der Waals surface area contributed by atoms with Crippen LogP contribution in [0.25, 0.3) is 0 Å². The van der Waals surface area contributed by atoms with E-state index in [2.05, 4.69) is 11.9 Å². The molecule has 16 heavy (non-hydrogen) atoms. The molecule has 1 amide bonds. The molecule has 1 aromatic rings. The van der Waals surface area contributed by atoms with Gasteiger partial charge in [0.15, 0.2) is 17.5 Å². The van der Waals surface area contributed by atoms with Gasteiger partial charge in [0.1, 0.15) is 0 Å². The molecule has 0 heterocycles. The molecule has 0 aliphatic rings. The van der Waals surface area contributed by atoms with Crippen molar-refractivity contribution in [3.8, 4) is 0 Å². The highest BCUT2D eigenvalue weighted by molar-refractivity contribution is 5.94. The summed E-state index contributed by atoms with van der Waals surface area (Å²) in [6, 6.07) is 1.29. The molecule has 1 N–H and O–H groups in total. The Hall–Kier alpha value is -1.78. The van der Waals surface area contributed by atoms with Gasteiger partial charge >= 0.3 is 0 Å². The van der Waals surface area contributed by atoms with Crippen LogP contribution < -0.4 is 5.32 Å². The number of carbonyl (C=O) groups is 1. The third kappa shape index (κ3) is 2.85. The maximum atomic E-state index is 12.8. The van der Waals surface area contributed by atoms with Crippen LogP contribution in [-0.2, 0) is 0 Å². The van der Waals surface area contributed by atoms with E-state index in [-0.39, 0.29) is 12.1 Å². The lowest BCUT2D eigenvalue weighted by Gasteiger charge is -2.05. The summed E-state index contributed by atoms with van der Waals surface area (Å²) in [5.74, 6) is -5.04. The maximum absolute atomic E-state index is 12.8. The topological polar surface area (TPSA) is 29.1 Å². The third-order valence-corrected chi connectivity index (χ3v) is 1.80. The second kappa shape index (κ2) is 4.83. The van der Waals surface area contributed by atoms with Crippen LogP contribution in [-0.4, -0.2) is 12.5 Å². The minimum absolute atomic E-state index is 0.194. The minimum Gasteiger partial charge on any atom is -0.348 e. The molecule has 2 nitrogen and oxygen atoms in total. The molecule has 0 atom stereocenters. The van der Waals surface area contributed by atoms with E-state index < -0.39 is 23.4 Å². The molecule has 0 aliphatic carbocycles. The van der Waals surface area contributed by atoms with E-state index in [1.807, 2.05) is 0 Å². The fourth-order valence-electron chi connectivity index (χ4n) is 1.02. The van der Waals surface area contributed by atoms with Gasteiger partial charge in [-0.3, -0.25) is 4.79 Å². The van der Waals surface area contributed by atoms with Crippen molar-refractivity contribution < 1.29 is 18.0 Å². The molecule has 0 unspecified atom stereocenters. The Labute approximate surface area is 90.8 Å². The normalized spacial score (nSPS) is 10.0. The summed E-state index contributed by atoms with van der Waals surface area (Å²) in [5, 5.41) is 2.38. The van der Waals surface area contributed by atoms with Crippen LogP contribution in [0.4, 0.5) is 13.2 Å². The van der Waals surface area contributed by atoms with Gasteiger partial charge in [-0.15, -0.1) is 0 Å². The summed E-state index contributed by atoms with van der Waals surface area (Å²) in [5.41, 5.74) is 0.425. The van der Waals surface area contributed by atoms with Crippen molar-refractivity contribution in [2.75, 3.05) is 6.54 Å². The molecule has 0 aliphatic heterocycles. The highest BCUT2D eigenvalue weighted by Crippen LogP contribution is 2.13. The Morgan fingerprint density at radius 2 is 1.81 bits per heavy atom. The third-order valence-electron chi connectivity index (χ3n) is 1.80. The van der Waals surface area contributed by atoms with Crippen molar-refractivity contribution in [1.29, 1.82) is 0 Å². The van der Waals surface area contributed by atoms with Crippen molar-refractivity contribution in [2.24, 2.45) is 0 Å². The molecule has 0 saturated carbocycles. The van der Waals surface area contributed by atoms with Gasteiger partial charge < -0.3 is 5.32 Å². The molecule has 0 aromatic heterocycles. The lowest BCUT2D eigenvalue weighted by atomic mass is 10.2. The van der Waals surface area contributed by atoms with E-state index in [9.17, 15) is 18.0 Å². The Morgan fingerprint density at radius 3 is 2.25 bits per heavy atom. The van der Waals surface area contributed by atoms with Crippen molar-refractivity contribution in [1.82, 2.24) is 5.32 Å². The zero-order chi connectivity index (χ0) is 12.3. The minimum atomic E-state index is -1.59. The molecule has 0 bridgehead atoms. The number of amides is 1. The first-order valence-corrected chi connectivity index (χ1v) is 4.49. The summed E-state index contributed by atoms with van der Waals surface area (Å²) < 4.78 is 38.2. The average Bonchev–Trinajstić information content (AvgIpc) is 2.21. The van der Waals surface area contributed by atoms with E-state index >= 15 is 0 Å². The number of rotatable bonds is 3. The Morgan fingerprint density at radius 1 is 1.31 bits per heavy atom. The summed E-state index contributed by atoms with van der Waals surface area (Å²) in [7, 11) is 0. The van der Waals surface area contributed by atoms with Crippen LogP contribution in [0.3, 0.4) is 0 Å². The SMILES string of the molecule is C=C(C)CNC(=O)c1cc(F)c(F)c(F)c1. The molecular formula is C11H10F3NO. The molecule has 0 fully saturated rings. The molecule has 0 spiro atoms. The molecule has 1 rings (SSSR count). The molecule has 1 aromatic carbocycles. The zero-order valence-electron chi connectivity index (χ0n) is 8.61. The summed E-state index contributed by atoms with van der Waals surface area (Å²) >= 11 is 0. The van der Waals surface area contributed by atoms with Crippen LogP contribution >= 0.6 is 0 Å². The van der Waals surface area contributed by atoms with Crippen molar-refractivity contribution in [2.45, 2.75) is 6.92 Å². The standard InChI is InChI=1S/C11H10F3NO/c1-6(2)5-15-11(16)7-3-8(12)10(14)9(13)4-7/h3-4H,1,5H2,2H3,(H,15,16). The van der Waals surface area contributed by atoms with Gasteiger partial charge in [0.2, 0.25) is 0 Å². The number of nitrogens with one attached hydrogen (secondary N) is 1. The number of benzene rings is 1. The van der Waals surface area contributed by atoms with Crippen LogP contribution in [0.15, 0.2) is 24.3 Å². The predicted molar refractivity (Wildman–Crippen MR) is 53.5 cm³/mol.